The number of fused-ring (bicyclic) bond motifs is 1. The number of nitrogens with one attached hydrogen (secondary N) is 1. The van der Waals surface area contributed by atoms with Gasteiger partial charge in [0, 0.05) is 18.6 Å². The Morgan fingerprint density at radius 3 is 2.74 bits per heavy atom. The summed E-state index contributed by atoms with van der Waals surface area (Å²) in [7, 11) is 1.83. The molecule has 2 aromatic heterocycles. The summed E-state index contributed by atoms with van der Waals surface area (Å²) >= 11 is 3.23. The van der Waals surface area contributed by atoms with Gasteiger partial charge in [-0.15, -0.1) is 5.10 Å². The lowest BCUT2D eigenvalue weighted by atomic mass is 10.2. The minimum atomic E-state index is -0.0802. The topological polar surface area (TPSA) is 89.3 Å². The third-order valence-electron chi connectivity index (χ3n) is 3.18. The molecule has 0 radical (unpaired) electrons. The number of unbranched alkanes of at least 4 members (excludes halogenated alkanes) is 1. The maximum Gasteiger partial charge on any atom is 0.259 e. The van der Waals surface area contributed by atoms with Gasteiger partial charge in [0.25, 0.3) is 5.56 Å². The van der Waals surface area contributed by atoms with Crippen molar-refractivity contribution in [2.75, 3.05) is 11.5 Å². The third-order valence-corrected chi connectivity index (χ3v) is 5.24. The van der Waals surface area contributed by atoms with Gasteiger partial charge >= 0.3 is 0 Å². The van der Waals surface area contributed by atoms with Crippen molar-refractivity contribution in [1.29, 1.82) is 0 Å². The van der Waals surface area contributed by atoms with Gasteiger partial charge in [0.05, 0.1) is 10.9 Å². The fourth-order valence-corrected chi connectivity index (χ4v) is 3.73. The molecule has 120 valence electrons. The van der Waals surface area contributed by atoms with Gasteiger partial charge in [0.1, 0.15) is 0 Å². The summed E-state index contributed by atoms with van der Waals surface area (Å²) in [6.45, 7) is 0. The second-order valence-corrected chi connectivity index (χ2v) is 7.02. The fraction of sp³-hybridized carbons (Fsp3) is 0.357. The highest BCUT2D eigenvalue weighted by molar-refractivity contribution is 7.99. The smallest absolute Gasteiger partial charge is 0.259 e. The normalized spacial score (nSPS) is 11.2. The maximum absolute atomic E-state index is 12.0. The minimum absolute atomic E-state index is 0.0802. The number of aromatic amines is 1. The summed E-state index contributed by atoms with van der Waals surface area (Å²) < 4.78 is 1.67. The van der Waals surface area contributed by atoms with E-state index in [2.05, 4.69) is 25.5 Å². The highest BCUT2D eigenvalue weighted by atomic mass is 32.2. The molecule has 0 amide bonds. The quantitative estimate of drug-likeness (QED) is 0.397. The third kappa shape index (κ3) is 4.11. The molecule has 0 saturated heterocycles. The molecule has 7 nitrogen and oxygen atoms in total. The van der Waals surface area contributed by atoms with Crippen molar-refractivity contribution in [3.8, 4) is 0 Å². The number of benzene rings is 1. The summed E-state index contributed by atoms with van der Waals surface area (Å²) in [6.07, 6.45) is 2.10. The van der Waals surface area contributed by atoms with Gasteiger partial charge in [-0.1, -0.05) is 35.7 Å². The molecule has 0 saturated carbocycles. The van der Waals surface area contributed by atoms with Gasteiger partial charge in [-0.2, -0.15) is 0 Å². The Morgan fingerprint density at radius 2 is 1.96 bits per heavy atom. The molecule has 1 aromatic carbocycles. The molecule has 0 atom stereocenters. The zero-order valence-electron chi connectivity index (χ0n) is 12.6. The Labute approximate surface area is 141 Å². The average Bonchev–Trinajstić information content (AvgIpc) is 2.96. The van der Waals surface area contributed by atoms with Crippen LogP contribution < -0.4 is 5.56 Å². The van der Waals surface area contributed by atoms with E-state index in [9.17, 15) is 4.79 Å². The monoisotopic (exact) mass is 348 g/mol. The van der Waals surface area contributed by atoms with Crippen LogP contribution in [0.1, 0.15) is 12.8 Å². The van der Waals surface area contributed by atoms with Crippen LogP contribution >= 0.6 is 23.5 Å². The Hall–Kier alpha value is -1.87. The number of hydrogen-bond donors (Lipinski definition) is 1. The molecule has 0 aliphatic rings. The van der Waals surface area contributed by atoms with Crippen molar-refractivity contribution in [2.45, 2.75) is 23.2 Å². The molecular weight excluding hydrogens is 332 g/mol. The Balaban J connectivity index is 1.46. The van der Waals surface area contributed by atoms with Crippen LogP contribution in [0.4, 0.5) is 0 Å². The van der Waals surface area contributed by atoms with Crippen molar-refractivity contribution in [3.63, 3.8) is 0 Å². The van der Waals surface area contributed by atoms with E-state index in [0.717, 1.165) is 35.0 Å². The fourth-order valence-electron chi connectivity index (χ4n) is 2.01. The summed E-state index contributed by atoms with van der Waals surface area (Å²) in [6, 6.07) is 7.38. The van der Waals surface area contributed by atoms with Gasteiger partial charge in [-0.3, -0.25) is 4.79 Å². The number of aromatic nitrogens is 6. The highest BCUT2D eigenvalue weighted by Gasteiger charge is 2.04. The van der Waals surface area contributed by atoms with E-state index in [0.29, 0.717) is 10.5 Å². The van der Waals surface area contributed by atoms with Gasteiger partial charge < -0.3 is 4.98 Å². The number of nitrogens with zero attached hydrogens (tertiary/aromatic N) is 5. The maximum atomic E-state index is 12.0. The molecule has 0 spiro atoms. The number of hydrogen-bond acceptors (Lipinski definition) is 7. The number of H-pyrrole nitrogens is 1. The summed E-state index contributed by atoms with van der Waals surface area (Å²) in [5, 5.41) is 13.5. The molecule has 0 unspecified atom stereocenters. The molecular formula is C14H16N6OS2. The zero-order valence-corrected chi connectivity index (χ0v) is 14.2. The Morgan fingerprint density at radius 1 is 1.17 bits per heavy atom. The van der Waals surface area contributed by atoms with E-state index in [1.165, 1.54) is 0 Å². The van der Waals surface area contributed by atoms with Crippen molar-refractivity contribution in [1.82, 2.24) is 30.2 Å². The zero-order chi connectivity index (χ0) is 16.1. The van der Waals surface area contributed by atoms with E-state index in [4.69, 9.17) is 0 Å². The molecule has 0 bridgehead atoms. The van der Waals surface area contributed by atoms with Crippen molar-refractivity contribution < 1.29 is 0 Å². The summed E-state index contributed by atoms with van der Waals surface area (Å²) in [5.41, 5.74) is 0.660. The van der Waals surface area contributed by atoms with Crippen LogP contribution in [-0.4, -0.2) is 41.7 Å². The number of thioether (sulfide) groups is 2. The van der Waals surface area contributed by atoms with Crippen LogP contribution in [0.3, 0.4) is 0 Å². The first kappa shape index (κ1) is 16.0. The standard InChI is InChI=1S/C14H16N6OS2/c1-20-14(17-18-19-20)23-9-5-4-8-22-13-15-11-7-3-2-6-10(11)12(21)16-13/h2-3,6-7H,4-5,8-9H2,1H3,(H,15,16,21). The molecule has 3 aromatic rings. The van der Waals surface area contributed by atoms with Crippen molar-refractivity contribution in [2.24, 2.45) is 7.05 Å². The molecule has 23 heavy (non-hydrogen) atoms. The number of para-hydroxylation sites is 1. The van der Waals surface area contributed by atoms with Crippen LogP contribution in [0.25, 0.3) is 10.9 Å². The largest absolute Gasteiger partial charge is 0.301 e. The predicted octanol–water partition coefficient (Wildman–Crippen LogP) is 2.11. The second kappa shape index (κ2) is 7.60. The lowest BCUT2D eigenvalue weighted by Gasteiger charge is -2.03. The highest BCUT2D eigenvalue weighted by Crippen LogP contribution is 2.18. The Kier molecular flexibility index (Phi) is 5.29. The first-order valence-corrected chi connectivity index (χ1v) is 9.18. The molecule has 2 heterocycles. The van der Waals surface area contributed by atoms with Crippen LogP contribution in [0.5, 0.6) is 0 Å². The molecule has 3 rings (SSSR count). The summed E-state index contributed by atoms with van der Waals surface area (Å²) in [4.78, 5) is 19.3. The number of rotatable bonds is 7. The van der Waals surface area contributed by atoms with Crippen LogP contribution in [-0.2, 0) is 7.05 Å². The summed E-state index contributed by atoms with van der Waals surface area (Å²) in [5.74, 6) is 1.88. The van der Waals surface area contributed by atoms with E-state index < -0.39 is 0 Å². The van der Waals surface area contributed by atoms with Gasteiger partial charge in [-0.05, 0) is 35.4 Å². The van der Waals surface area contributed by atoms with Crippen LogP contribution in [0.2, 0.25) is 0 Å². The number of aryl methyl sites for hydroxylation is 1. The molecule has 0 aliphatic heterocycles. The number of tetrazole rings is 1. The van der Waals surface area contributed by atoms with Crippen LogP contribution in [0, 0.1) is 0 Å². The van der Waals surface area contributed by atoms with Gasteiger partial charge in [0.2, 0.25) is 5.16 Å². The Bertz CT molecular complexity index is 846. The van der Waals surface area contributed by atoms with Gasteiger partial charge in [-0.25, -0.2) is 9.67 Å². The second-order valence-electron chi connectivity index (χ2n) is 4.88. The first-order chi connectivity index (χ1) is 11.2. The van der Waals surface area contributed by atoms with Crippen LogP contribution in [0.15, 0.2) is 39.4 Å². The first-order valence-electron chi connectivity index (χ1n) is 7.21. The lowest BCUT2D eigenvalue weighted by molar-refractivity contribution is 0.664. The van der Waals surface area contributed by atoms with Crippen molar-refractivity contribution in [3.05, 3.63) is 34.6 Å². The molecule has 1 N–H and O–H groups in total. The van der Waals surface area contributed by atoms with E-state index in [1.54, 1.807) is 34.3 Å². The average molecular weight is 348 g/mol. The van der Waals surface area contributed by atoms with E-state index >= 15 is 0 Å². The predicted molar refractivity (Wildman–Crippen MR) is 91.8 cm³/mol. The molecule has 0 fully saturated rings. The van der Waals surface area contributed by atoms with E-state index in [1.807, 2.05) is 25.2 Å². The molecule has 0 aliphatic carbocycles. The molecule has 9 heteroatoms. The lowest BCUT2D eigenvalue weighted by Crippen LogP contribution is -2.09. The SMILES string of the molecule is Cn1nnnc1SCCCCSc1nc2ccccc2c(=O)[nH]1. The van der Waals surface area contributed by atoms with Crippen molar-refractivity contribution >= 4 is 34.4 Å². The minimum Gasteiger partial charge on any atom is -0.301 e. The van der Waals surface area contributed by atoms with E-state index in [-0.39, 0.29) is 5.56 Å². The van der Waals surface area contributed by atoms with Gasteiger partial charge in [0.15, 0.2) is 5.16 Å².